The second-order valence-corrected chi connectivity index (χ2v) is 4.99. The van der Waals surface area contributed by atoms with Crippen LogP contribution in [0.15, 0.2) is 54.9 Å². The predicted molar refractivity (Wildman–Crippen MR) is 81.9 cm³/mol. The van der Waals surface area contributed by atoms with Gasteiger partial charge in [0, 0.05) is 12.4 Å². The monoisotopic (exact) mass is 316 g/mol. The summed E-state index contributed by atoms with van der Waals surface area (Å²) in [5, 5.41) is 0.454. The average molecular weight is 317 g/mol. The summed E-state index contributed by atoms with van der Waals surface area (Å²) in [4.78, 5) is 16.0. The molecule has 0 unspecified atom stereocenters. The van der Waals surface area contributed by atoms with Crippen LogP contribution in [-0.4, -0.2) is 22.0 Å². The highest BCUT2D eigenvalue weighted by Gasteiger charge is 2.08. The van der Waals surface area contributed by atoms with Crippen molar-refractivity contribution in [1.29, 1.82) is 0 Å². The van der Waals surface area contributed by atoms with Crippen molar-refractivity contribution in [3.63, 3.8) is 0 Å². The van der Waals surface area contributed by atoms with E-state index < -0.39 is 5.97 Å². The van der Waals surface area contributed by atoms with Gasteiger partial charge in [-0.1, -0.05) is 29.8 Å². The Bertz CT molecular complexity index is 768. The van der Waals surface area contributed by atoms with Crippen LogP contribution in [0, 0.1) is 0 Å². The number of para-hydroxylation sites is 1. The van der Waals surface area contributed by atoms with Crippen LogP contribution in [0.1, 0.15) is 5.69 Å². The Kier molecular flexibility index (Phi) is 4.25. The van der Waals surface area contributed by atoms with Gasteiger partial charge in [0.1, 0.15) is 18.0 Å². The minimum atomic E-state index is -0.475. The van der Waals surface area contributed by atoms with E-state index in [1.807, 2.05) is 35.0 Å². The van der Waals surface area contributed by atoms with Gasteiger partial charge in [0.2, 0.25) is 0 Å². The number of esters is 1. The van der Waals surface area contributed by atoms with E-state index in [-0.39, 0.29) is 13.2 Å². The van der Waals surface area contributed by atoms with Crippen LogP contribution < -0.4 is 4.74 Å². The first-order valence-electron chi connectivity index (χ1n) is 6.68. The van der Waals surface area contributed by atoms with Gasteiger partial charge in [-0.25, -0.2) is 9.78 Å². The van der Waals surface area contributed by atoms with Crippen molar-refractivity contribution in [2.45, 2.75) is 6.61 Å². The first-order valence-corrected chi connectivity index (χ1v) is 7.06. The molecule has 0 amide bonds. The molecule has 3 aromatic rings. The van der Waals surface area contributed by atoms with Crippen LogP contribution in [0.25, 0.3) is 5.65 Å². The summed E-state index contributed by atoms with van der Waals surface area (Å²) in [6, 6.07) is 12.6. The van der Waals surface area contributed by atoms with E-state index in [1.54, 1.807) is 24.3 Å². The van der Waals surface area contributed by atoms with E-state index >= 15 is 0 Å². The number of fused-ring (bicyclic) bond motifs is 1. The lowest BCUT2D eigenvalue weighted by molar-refractivity contribution is -0.147. The van der Waals surface area contributed by atoms with Crippen LogP contribution in [0.5, 0.6) is 5.75 Å². The Morgan fingerprint density at radius 2 is 2.00 bits per heavy atom. The van der Waals surface area contributed by atoms with Crippen molar-refractivity contribution in [3.8, 4) is 5.75 Å². The summed E-state index contributed by atoms with van der Waals surface area (Å²) in [6.45, 7) is -0.0938. The number of hydrogen-bond donors (Lipinski definition) is 0. The van der Waals surface area contributed by atoms with E-state index in [0.717, 1.165) is 5.65 Å². The molecule has 0 fully saturated rings. The molecule has 0 radical (unpaired) electrons. The summed E-state index contributed by atoms with van der Waals surface area (Å²) < 4.78 is 12.3. The minimum absolute atomic E-state index is 0.104. The zero-order valence-electron chi connectivity index (χ0n) is 11.6. The molecular weight excluding hydrogens is 304 g/mol. The first-order chi connectivity index (χ1) is 10.7. The highest BCUT2D eigenvalue weighted by molar-refractivity contribution is 6.32. The van der Waals surface area contributed by atoms with Crippen LogP contribution in [0.2, 0.25) is 5.02 Å². The molecule has 2 aromatic heterocycles. The zero-order valence-corrected chi connectivity index (χ0v) is 12.4. The SMILES string of the molecule is O=C(COc1ccccc1Cl)OCc1cn2ccccc2n1. The topological polar surface area (TPSA) is 52.8 Å². The second kappa shape index (κ2) is 6.49. The molecule has 0 spiro atoms. The van der Waals surface area contributed by atoms with Gasteiger partial charge in [0.15, 0.2) is 6.61 Å². The van der Waals surface area contributed by atoms with Gasteiger partial charge in [0.25, 0.3) is 0 Å². The number of rotatable bonds is 5. The largest absolute Gasteiger partial charge is 0.480 e. The highest BCUT2D eigenvalue weighted by Crippen LogP contribution is 2.22. The molecular formula is C16H13ClN2O3. The second-order valence-electron chi connectivity index (χ2n) is 4.58. The maximum Gasteiger partial charge on any atom is 0.344 e. The quantitative estimate of drug-likeness (QED) is 0.679. The number of aromatic nitrogens is 2. The predicted octanol–water partition coefficient (Wildman–Crippen LogP) is 3.11. The number of carbonyl (C=O) groups is 1. The Morgan fingerprint density at radius 3 is 2.82 bits per heavy atom. The molecule has 5 nitrogen and oxygen atoms in total. The Labute approximate surface area is 132 Å². The molecule has 0 bridgehead atoms. The van der Waals surface area contributed by atoms with Crippen LogP contribution in [0.3, 0.4) is 0 Å². The number of ether oxygens (including phenoxy) is 2. The van der Waals surface area contributed by atoms with Gasteiger partial charge in [-0.3, -0.25) is 0 Å². The van der Waals surface area contributed by atoms with E-state index in [1.165, 1.54) is 0 Å². The summed E-state index contributed by atoms with van der Waals surface area (Å²) in [7, 11) is 0. The molecule has 1 aromatic carbocycles. The Morgan fingerprint density at radius 1 is 1.18 bits per heavy atom. The van der Waals surface area contributed by atoms with Crippen molar-refractivity contribution >= 4 is 23.2 Å². The number of halogens is 1. The number of pyridine rings is 1. The summed E-state index contributed by atoms with van der Waals surface area (Å²) >= 11 is 5.94. The molecule has 0 aliphatic carbocycles. The van der Waals surface area contributed by atoms with Crippen molar-refractivity contribution in [1.82, 2.24) is 9.38 Å². The van der Waals surface area contributed by atoms with E-state index in [4.69, 9.17) is 21.1 Å². The Balaban J connectivity index is 1.53. The summed E-state index contributed by atoms with van der Waals surface area (Å²) in [5.41, 5.74) is 1.48. The van der Waals surface area contributed by atoms with Crippen LogP contribution >= 0.6 is 11.6 Å². The molecule has 0 aliphatic rings. The number of hydrogen-bond acceptors (Lipinski definition) is 4. The minimum Gasteiger partial charge on any atom is -0.480 e. The maximum atomic E-state index is 11.7. The number of nitrogens with zero attached hydrogens (tertiary/aromatic N) is 2. The fourth-order valence-electron chi connectivity index (χ4n) is 1.95. The van der Waals surface area contributed by atoms with E-state index in [2.05, 4.69) is 4.98 Å². The average Bonchev–Trinajstić information content (AvgIpc) is 2.95. The Hall–Kier alpha value is -2.53. The first kappa shape index (κ1) is 14.4. The van der Waals surface area contributed by atoms with Gasteiger partial charge >= 0.3 is 5.97 Å². The lowest BCUT2D eigenvalue weighted by atomic mass is 10.3. The standard InChI is InChI=1S/C16H13ClN2O3/c17-13-5-1-2-6-14(13)21-11-16(20)22-10-12-9-19-8-4-3-7-15(19)18-12/h1-9H,10-11H2. The maximum absolute atomic E-state index is 11.7. The molecule has 22 heavy (non-hydrogen) atoms. The van der Waals surface area contributed by atoms with Gasteiger partial charge in [0.05, 0.1) is 10.7 Å². The van der Waals surface area contributed by atoms with Crippen LogP contribution in [-0.2, 0) is 16.1 Å². The van der Waals surface area contributed by atoms with E-state index in [0.29, 0.717) is 16.5 Å². The van der Waals surface area contributed by atoms with Gasteiger partial charge < -0.3 is 13.9 Å². The highest BCUT2D eigenvalue weighted by atomic mass is 35.5. The van der Waals surface area contributed by atoms with Gasteiger partial charge in [-0.15, -0.1) is 0 Å². The number of carbonyl (C=O) groups excluding carboxylic acids is 1. The fraction of sp³-hybridized carbons (Fsp3) is 0.125. The number of benzene rings is 1. The lowest BCUT2D eigenvalue weighted by Crippen LogP contribution is -2.15. The third-order valence-corrected chi connectivity index (χ3v) is 3.29. The molecule has 0 atom stereocenters. The van der Waals surface area contributed by atoms with Crippen molar-refractivity contribution in [2.24, 2.45) is 0 Å². The molecule has 0 saturated carbocycles. The molecule has 2 heterocycles. The van der Waals surface area contributed by atoms with Crippen molar-refractivity contribution in [2.75, 3.05) is 6.61 Å². The number of imidazole rings is 1. The lowest BCUT2D eigenvalue weighted by Gasteiger charge is -2.07. The smallest absolute Gasteiger partial charge is 0.344 e. The normalized spacial score (nSPS) is 10.6. The van der Waals surface area contributed by atoms with E-state index in [9.17, 15) is 4.79 Å². The van der Waals surface area contributed by atoms with Crippen molar-refractivity contribution < 1.29 is 14.3 Å². The third-order valence-electron chi connectivity index (χ3n) is 2.98. The van der Waals surface area contributed by atoms with Crippen molar-refractivity contribution in [3.05, 3.63) is 65.6 Å². The van der Waals surface area contributed by atoms with Crippen LogP contribution in [0.4, 0.5) is 0 Å². The summed E-state index contributed by atoms with van der Waals surface area (Å²) in [5.74, 6) is -0.0224. The zero-order chi connectivity index (χ0) is 15.4. The fourth-order valence-corrected chi connectivity index (χ4v) is 2.14. The summed E-state index contributed by atoms with van der Waals surface area (Å²) in [6.07, 6.45) is 3.70. The molecule has 0 N–H and O–H groups in total. The van der Waals surface area contributed by atoms with Gasteiger partial charge in [-0.2, -0.15) is 0 Å². The molecule has 6 heteroatoms. The molecule has 0 aliphatic heterocycles. The molecule has 3 rings (SSSR count). The van der Waals surface area contributed by atoms with Gasteiger partial charge in [-0.05, 0) is 24.3 Å². The third kappa shape index (κ3) is 3.38. The molecule has 112 valence electrons. The molecule has 0 saturated heterocycles.